The summed E-state index contributed by atoms with van der Waals surface area (Å²) in [7, 11) is -4.10. The Morgan fingerprint density at radius 3 is 2.80 bits per heavy atom. The number of nitrogens with one attached hydrogen (secondary N) is 1. The van der Waals surface area contributed by atoms with Crippen LogP contribution in [0.3, 0.4) is 0 Å². The van der Waals surface area contributed by atoms with Crippen molar-refractivity contribution in [2.24, 2.45) is 11.1 Å². The first-order valence-corrected chi connectivity index (χ1v) is 14.1. The molecule has 4 rings (SSSR count). The summed E-state index contributed by atoms with van der Waals surface area (Å²) in [5.74, 6) is -0.459. The van der Waals surface area contributed by atoms with Gasteiger partial charge >= 0.3 is 10.3 Å². The highest BCUT2D eigenvalue weighted by Crippen LogP contribution is 2.33. The first kappa shape index (κ1) is 25.7. The van der Waals surface area contributed by atoms with Crippen molar-refractivity contribution in [3.05, 3.63) is 64.2 Å². The van der Waals surface area contributed by atoms with E-state index in [-0.39, 0.29) is 24.0 Å². The van der Waals surface area contributed by atoms with Gasteiger partial charge in [-0.2, -0.15) is 8.42 Å². The first-order valence-electron chi connectivity index (χ1n) is 10.7. The number of aliphatic hydroxyl groups excluding tert-OH is 1. The third-order valence-electron chi connectivity index (χ3n) is 5.65. The molecule has 1 fully saturated rings. The summed E-state index contributed by atoms with van der Waals surface area (Å²) in [6, 6.07) is 10.4. The number of rotatable bonds is 9. The highest BCUT2D eigenvalue weighted by atomic mass is 32.2. The smallest absolute Gasteiger partial charge is 0.333 e. The molecule has 1 saturated carbocycles. The van der Waals surface area contributed by atoms with Crippen molar-refractivity contribution in [3.8, 4) is 0 Å². The van der Waals surface area contributed by atoms with E-state index in [0.29, 0.717) is 33.3 Å². The zero-order chi connectivity index (χ0) is 25.2. The molecule has 0 radical (unpaired) electrons. The normalized spacial score (nSPS) is 21.1. The van der Waals surface area contributed by atoms with E-state index < -0.39 is 33.5 Å². The minimum Gasteiger partial charge on any atom is -0.606 e. The number of thiophene rings is 1. The molecule has 0 aliphatic heterocycles. The van der Waals surface area contributed by atoms with Gasteiger partial charge in [0.15, 0.2) is 9.79 Å². The van der Waals surface area contributed by atoms with Crippen molar-refractivity contribution in [1.29, 1.82) is 0 Å². The van der Waals surface area contributed by atoms with E-state index in [4.69, 9.17) is 5.14 Å². The number of aryl methyl sites for hydroxylation is 1. The Labute approximate surface area is 210 Å². The summed E-state index contributed by atoms with van der Waals surface area (Å²) in [6.07, 6.45) is 2.63. The fourth-order valence-corrected chi connectivity index (χ4v) is 6.76. The van der Waals surface area contributed by atoms with Gasteiger partial charge in [-0.15, -0.1) is 11.3 Å². The molecule has 2 heterocycles. The Balaban J connectivity index is 1.50. The molecule has 0 spiro atoms. The Morgan fingerprint density at radius 1 is 1.34 bits per heavy atom. The molecular formula is C22H24N4O6S3. The Hall–Kier alpha value is -2.39. The predicted molar refractivity (Wildman–Crippen MR) is 131 cm³/mol. The van der Waals surface area contributed by atoms with Crippen LogP contribution < -0.4 is 10.5 Å². The monoisotopic (exact) mass is 536 g/mol. The van der Waals surface area contributed by atoms with Crippen LogP contribution in [-0.4, -0.2) is 52.6 Å². The van der Waals surface area contributed by atoms with Gasteiger partial charge in [0, 0.05) is 35.4 Å². The van der Waals surface area contributed by atoms with Crippen LogP contribution >= 0.6 is 11.3 Å². The standard InChI is InChI=1S/C22H24N4O6S3/c1-13-20(34(29)16-5-3-2-4-6-16)9-19(33-13)21(28)17-10-24-12-25-22(17)26-15-7-14(18(27)8-15)11-32-35(23,30)31/h2-6,9-10,12,14-15,18,27H,7-8,11H2,1H3,(H2,23,30,31)(H,24,25,26)/t14-,15-,18+,34+/m1/s1. The summed E-state index contributed by atoms with van der Waals surface area (Å²) in [5.41, 5.74) is 0.240. The molecule has 0 amide bonds. The highest BCUT2D eigenvalue weighted by Gasteiger charge is 2.35. The van der Waals surface area contributed by atoms with E-state index in [9.17, 15) is 22.9 Å². The summed E-state index contributed by atoms with van der Waals surface area (Å²) >= 11 is -0.166. The Kier molecular flexibility index (Phi) is 7.86. The number of ketones is 1. The number of aliphatic hydroxyl groups is 1. The van der Waals surface area contributed by atoms with Gasteiger partial charge in [0.2, 0.25) is 5.78 Å². The van der Waals surface area contributed by atoms with Crippen LogP contribution in [0.5, 0.6) is 0 Å². The lowest BCUT2D eigenvalue weighted by Crippen LogP contribution is -2.24. The van der Waals surface area contributed by atoms with Gasteiger partial charge in [0.1, 0.15) is 12.1 Å². The van der Waals surface area contributed by atoms with E-state index in [1.807, 2.05) is 25.1 Å². The number of hydrogen-bond acceptors (Lipinski definition) is 10. The molecule has 186 valence electrons. The molecule has 4 atom stereocenters. The van der Waals surface area contributed by atoms with Crippen LogP contribution in [0.1, 0.15) is 33.0 Å². The molecule has 2 aromatic heterocycles. The quantitative estimate of drug-likeness (QED) is 0.274. The van der Waals surface area contributed by atoms with E-state index in [2.05, 4.69) is 19.5 Å². The highest BCUT2D eigenvalue weighted by molar-refractivity contribution is 7.91. The molecule has 35 heavy (non-hydrogen) atoms. The molecule has 0 bridgehead atoms. The summed E-state index contributed by atoms with van der Waals surface area (Å²) < 4.78 is 39.7. The molecule has 4 N–H and O–H groups in total. The van der Waals surface area contributed by atoms with Gasteiger partial charge in [-0.25, -0.2) is 15.1 Å². The third-order valence-corrected chi connectivity index (χ3v) is 8.82. The maximum Gasteiger partial charge on any atom is 0.333 e. The largest absolute Gasteiger partial charge is 0.606 e. The molecule has 10 nitrogen and oxygen atoms in total. The molecular weight excluding hydrogens is 512 g/mol. The molecule has 1 aromatic carbocycles. The van der Waals surface area contributed by atoms with Crippen molar-refractivity contribution in [2.75, 3.05) is 11.9 Å². The number of aromatic nitrogens is 2. The van der Waals surface area contributed by atoms with E-state index in [1.165, 1.54) is 23.9 Å². The average Bonchev–Trinajstić information content (AvgIpc) is 3.39. The fraction of sp³-hybridized carbons (Fsp3) is 0.318. The number of benzene rings is 1. The fourth-order valence-electron chi connectivity index (χ4n) is 3.95. The predicted octanol–water partition coefficient (Wildman–Crippen LogP) is 2.02. The molecule has 0 unspecified atom stereocenters. The maximum atomic E-state index is 13.3. The lowest BCUT2D eigenvalue weighted by atomic mass is 10.1. The topological polar surface area (TPSA) is 168 Å². The van der Waals surface area contributed by atoms with Crippen molar-refractivity contribution in [3.63, 3.8) is 0 Å². The number of carbonyl (C=O) groups excluding carboxylic acids is 1. The number of hydrogen-bond donors (Lipinski definition) is 3. The van der Waals surface area contributed by atoms with Gasteiger partial charge < -0.3 is 15.0 Å². The summed E-state index contributed by atoms with van der Waals surface area (Å²) in [4.78, 5) is 24.0. The third kappa shape index (κ3) is 6.25. The van der Waals surface area contributed by atoms with Crippen LogP contribution in [0.15, 0.2) is 58.7 Å². The minimum atomic E-state index is -4.10. The van der Waals surface area contributed by atoms with Gasteiger partial charge in [-0.05, 0) is 31.9 Å². The molecule has 0 saturated heterocycles. The van der Waals surface area contributed by atoms with Crippen molar-refractivity contribution in [1.82, 2.24) is 9.97 Å². The van der Waals surface area contributed by atoms with Crippen LogP contribution in [0.2, 0.25) is 0 Å². The molecule has 3 aromatic rings. The van der Waals surface area contributed by atoms with Crippen LogP contribution in [0.25, 0.3) is 0 Å². The average molecular weight is 537 g/mol. The maximum absolute atomic E-state index is 13.3. The first-order chi connectivity index (χ1) is 16.6. The number of nitrogens with zero attached hydrogens (tertiary/aromatic N) is 2. The number of nitrogens with two attached hydrogens (primary N) is 1. The van der Waals surface area contributed by atoms with Gasteiger partial charge in [0.25, 0.3) is 0 Å². The minimum absolute atomic E-state index is 0.233. The second kappa shape index (κ2) is 10.7. The lowest BCUT2D eigenvalue weighted by Gasteiger charge is -2.15. The van der Waals surface area contributed by atoms with Crippen LogP contribution in [0, 0.1) is 12.8 Å². The lowest BCUT2D eigenvalue weighted by molar-refractivity contribution is 0.101. The van der Waals surface area contributed by atoms with Crippen molar-refractivity contribution >= 4 is 44.4 Å². The zero-order valence-corrected chi connectivity index (χ0v) is 21.1. The second-order valence-electron chi connectivity index (χ2n) is 8.14. The second-order valence-corrected chi connectivity index (χ2v) is 12.1. The number of carbonyl (C=O) groups is 1. The van der Waals surface area contributed by atoms with Gasteiger partial charge in [-0.1, -0.05) is 18.2 Å². The van der Waals surface area contributed by atoms with Crippen molar-refractivity contribution in [2.45, 2.75) is 41.7 Å². The summed E-state index contributed by atoms with van der Waals surface area (Å²) in [5, 5.41) is 18.3. The summed E-state index contributed by atoms with van der Waals surface area (Å²) in [6.45, 7) is 1.59. The SMILES string of the molecule is Cc1sc(C(=O)c2cncnc2N[C@@H]2C[C@H](COS(N)(=O)=O)[C@@H](O)C2)cc1[S@@+]([O-])c1ccccc1. The molecule has 1 aliphatic carbocycles. The number of anilines is 1. The zero-order valence-electron chi connectivity index (χ0n) is 18.7. The molecule has 13 heteroatoms. The van der Waals surface area contributed by atoms with E-state index in [0.717, 1.165) is 4.88 Å². The Morgan fingerprint density at radius 2 is 2.09 bits per heavy atom. The molecule has 1 aliphatic rings. The van der Waals surface area contributed by atoms with Gasteiger partial charge in [0.05, 0.1) is 28.0 Å². The van der Waals surface area contributed by atoms with Crippen LogP contribution in [0.4, 0.5) is 5.82 Å². The van der Waals surface area contributed by atoms with E-state index >= 15 is 0 Å². The van der Waals surface area contributed by atoms with Crippen molar-refractivity contribution < 1.29 is 27.1 Å². The van der Waals surface area contributed by atoms with Crippen LogP contribution in [-0.2, 0) is 25.7 Å². The van der Waals surface area contributed by atoms with E-state index in [1.54, 1.807) is 18.2 Å². The Bertz CT molecular complexity index is 1300. The van der Waals surface area contributed by atoms with Gasteiger partial charge in [-0.3, -0.25) is 8.98 Å².